The Kier molecular flexibility index (Phi) is 7.20. The summed E-state index contributed by atoms with van der Waals surface area (Å²) < 4.78 is 17.9. The second kappa shape index (κ2) is 10.2. The number of pyridine rings is 1. The monoisotopic (exact) mass is 470 g/mol. The molecule has 0 bridgehead atoms. The van der Waals surface area contributed by atoms with Crippen LogP contribution in [0.1, 0.15) is 82.9 Å². The topological polar surface area (TPSA) is 21.7 Å². The lowest BCUT2D eigenvalue weighted by atomic mass is 9.81. The Morgan fingerprint density at radius 1 is 0.829 bits per heavy atom. The summed E-state index contributed by atoms with van der Waals surface area (Å²) >= 11 is 0. The van der Waals surface area contributed by atoms with Gasteiger partial charge in [-0.25, -0.2) is 13.9 Å². The van der Waals surface area contributed by atoms with E-state index in [0.717, 1.165) is 29.2 Å². The second-order valence-corrected chi connectivity index (χ2v) is 10.3. The maximum atomic E-state index is 13.7. The van der Waals surface area contributed by atoms with E-state index in [-0.39, 0.29) is 5.82 Å². The number of rotatable bonds is 7. The summed E-state index contributed by atoms with van der Waals surface area (Å²) in [5, 5.41) is 0. The summed E-state index contributed by atoms with van der Waals surface area (Å²) in [7, 11) is 0. The largest absolute Gasteiger partial charge is 0.250 e. The third-order valence-electron chi connectivity index (χ3n) is 6.69. The van der Waals surface area contributed by atoms with Gasteiger partial charge in [0.05, 0.1) is 12.2 Å². The lowest BCUT2D eigenvalue weighted by Gasteiger charge is -2.23. The van der Waals surface area contributed by atoms with Crippen LogP contribution in [0.15, 0.2) is 67.3 Å². The maximum absolute atomic E-state index is 13.7. The maximum Gasteiger partial charge on any atom is 0.250 e. The highest BCUT2D eigenvalue weighted by molar-refractivity contribution is 5.78. The predicted octanol–water partition coefficient (Wildman–Crippen LogP) is 8.02. The van der Waals surface area contributed by atoms with Gasteiger partial charge in [-0.15, -0.1) is 0 Å². The summed E-state index contributed by atoms with van der Waals surface area (Å²) in [6.07, 6.45) is 6.16. The van der Waals surface area contributed by atoms with Crippen molar-refractivity contribution in [2.24, 2.45) is 0 Å². The van der Waals surface area contributed by atoms with E-state index in [1.165, 1.54) is 34.4 Å². The average Bonchev–Trinajstić information content (AvgIpc) is 3.32. The molecule has 4 rings (SSSR count). The van der Waals surface area contributed by atoms with Crippen LogP contribution in [0.2, 0.25) is 0 Å². The minimum Gasteiger partial charge on any atom is -0.237 e. The third-order valence-corrected chi connectivity index (χ3v) is 6.69. The van der Waals surface area contributed by atoms with Crippen molar-refractivity contribution in [2.45, 2.75) is 72.8 Å². The Morgan fingerprint density at radius 3 is 1.97 bits per heavy atom. The van der Waals surface area contributed by atoms with Gasteiger partial charge in [-0.05, 0) is 82.8 Å². The van der Waals surface area contributed by atoms with Crippen LogP contribution < -0.4 is 4.57 Å². The van der Waals surface area contributed by atoms with Crippen LogP contribution in [-0.2, 0) is 6.54 Å². The molecule has 0 spiro atoms. The first kappa shape index (κ1) is 24.8. The molecule has 35 heavy (non-hydrogen) atoms. The molecule has 2 aromatic carbocycles. The molecule has 182 valence electrons. The lowest BCUT2D eigenvalue weighted by Crippen LogP contribution is -2.28. The zero-order valence-corrected chi connectivity index (χ0v) is 22.0. The molecule has 0 N–H and O–H groups in total. The van der Waals surface area contributed by atoms with Gasteiger partial charge in [-0.3, -0.25) is 0 Å². The van der Waals surface area contributed by atoms with Crippen LogP contribution in [0.3, 0.4) is 0 Å². The Hall–Kier alpha value is -3.27. The Bertz CT molecular complexity index is 1280. The molecule has 0 fully saturated rings. The highest BCUT2D eigenvalue weighted by Gasteiger charge is 2.21. The van der Waals surface area contributed by atoms with E-state index in [2.05, 4.69) is 94.4 Å². The van der Waals surface area contributed by atoms with E-state index >= 15 is 0 Å². The smallest absolute Gasteiger partial charge is 0.237 e. The van der Waals surface area contributed by atoms with Crippen molar-refractivity contribution in [2.75, 3.05) is 0 Å². The number of imidazole rings is 1. The number of halogens is 1. The number of hydrogen-bond donors (Lipinski definition) is 0. The highest BCUT2D eigenvalue weighted by Crippen LogP contribution is 2.40. The van der Waals surface area contributed by atoms with Crippen LogP contribution in [0.4, 0.5) is 4.39 Å². The molecule has 2 aromatic heterocycles. The fourth-order valence-corrected chi connectivity index (χ4v) is 4.57. The number of benzene rings is 2. The van der Waals surface area contributed by atoms with Gasteiger partial charge in [-0.1, -0.05) is 53.7 Å². The summed E-state index contributed by atoms with van der Waals surface area (Å²) in [6.45, 7) is 16.6. The van der Waals surface area contributed by atoms with Crippen molar-refractivity contribution in [3.8, 4) is 28.2 Å². The molecular formula is C31H37FN3+. The zero-order valence-electron chi connectivity index (χ0n) is 22.0. The van der Waals surface area contributed by atoms with Crippen LogP contribution in [0, 0.1) is 5.82 Å². The van der Waals surface area contributed by atoms with Crippen LogP contribution in [-0.4, -0.2) is 9.55 Å². The number of nitrogens with zero attached hydrogens (tertiary/aromatic N) is 3. The minimum atomic E-state index is -0.243. The van der Waals surface area contributed by atoms with Gasteiger partial charge < -0.3 is 0 Å². The molecule has 4 aromatic rings. The minimum absolute atomic E-state index is 0.243. The molecule has 0 radical (unpaired) electrons. The molecule has 2 heterocycles. The quantitative estimate of drug-likeness (QED) is 0.251. The first-order valence-corrected chi connectivity index (χ1v) is 12.7. The predicted molar refractivity (Wildman–Crippen MR) is 143 cm³/mol. The summed E-state index contributed by atoms with van der Waals surface area (Å²) in [5.74, 6) is 1.83. The number of aromatic nitrogens is 3. The van der Waals surface area contributed by atoms with Crippen molar-refractivity contribution in [3.05, 3.63) is 89.8 Å². The van der Waals surface area contributed by atoms with Crippen LogP contribution in [0.5, 0.6) is 0 Å². The van der Waals surface area contributed by atoms with Crippen molar-refractivity contribution in [1.82, 2.24) is 9.55 Å². The average molecular weight is 471 g/mol. The molecular weight excluding hydrogens is 433 g/mol. The molecule has 0 amide bonds. The molecule has 3 nitrogen and oxygen atoms in total. The van der Waals surface area contributed by atoms with Gasteiger partial charge in [0.25, 0.3) is 0 Å². The number of aryl methyl sites for hydroxylation is 1. The molecule has 0 atom stereocenters. The molecule has 0 aliphatic carbocycles. The SMILES string of the molecule is CC[n+]1ccn(-c2cc(-c3c(C(C)C)cc(C(C)C)cc3C(C)C)cc(-c3ccc(F)cc3)n2)c1. The van der Waals surface area contributed by atoms with Crippen molar-refractivity contribution in [1.29, 1.82) is 0 Å². The summed E-state index contributed by atoms with van der Waals surface area (Å²) in [6, 6.07) is 15.7. The molecule has 0 saturated heterocycles. The second-order valence-electron chi connectivity index (χ2n) is 10.3. The lowest BCUT2D eigenvalue weighted by molar-refractivity contribution is -0.692. The van der Waals surface area contributed by atoms with E-state index in [9.17, 15) is 4.39 Å². The molecule has 0 aliphatic rings. The van der Waals surface area contributed by atoms with Crippen molar-refractivity contribution < 1.29 is 8.96 Å². The Labute approximate surface area is 209 Å². The summed E-state index contributed by atoms with van der Waals surface area (Å²) in [4.78, 5) is 5.00. The van der Waals surface area contributed by atoms with Gasteiger partial charge >= 0.3 is 0 Å². The van der Waals surface area contributed by atoms with Gasteiger partial charge in [-0.2, -0.15) is 4.57 Å². The fourth-order valence-electron chi connectivity index (χ4n) is 4.57. The Morgan fingerprint density at radius 2 is 1.46 bits per heavy atom. The highest BCUT2D eigenvalue weighted by atomic mass is 19.1. The van der Waals surface area contributed by atoms with Crippen LogP contribution >= 0.6 is 0 Å². The van der Waals surface area contributed by atoms with E-state index in [4.69, 9.17) is 4.98 Å². The van der Waals surface area contributed by atoms with E-state index in [1.807, 2.05) is 18.3 Å². The molecule has 0 unspecified atom stereocenters. The molecule has 0 saturated carbocycles. The van der Waals surface area contributed by atoms with Crippen molar-refractivity contribution in [3.63, 3.8) is 0 Å². The zero-order chi connectivity index (χ0) is 25.3. The fraction of sp³-hybridized carbons (Fsp3) is 0.355. The summed E-state index contributed by atoms with van der Waals surface area (Å²) in [5.41, 5.74) is 8.28. The van der Waals surface area contributed by atoms with E-state index in [1.54, 1.807) is 0 Å². The van der Waals surface area contributed by atoms with Gasteiger partial charge in [0.1, 0.15) is 18.2 Å². The van der Waals surface area contributed by atoms with Gasteiger partial charge in [0.15, 0.2) is 0 Å². The standard InChI is InChI=1S/C31H37FN3/c1-8-34-13-14-35(19-34)30-18-25(17-29(33-30)23-9-11-26(32)12-10-23)31-27(21(4)5)15-24(20(2)3)16-28(31)22(6)7/h9-22H,8H2,1-7H3/q+1. The van der Waals surface area contributed by atoms with E-state index < -0.39 is 0 Å². The third kappa shape index (κ3) is 5.22. The molecule has 4 heteroatoms. The van der Waals surface area contributed by atoms with Gasteiger partial charge in [0, 0.05) is 11.6 Å². The Balaban J connectivity index is 2.03. The van der Waals surface area contributed by atoms with Gasteiger partial charge in [0.2, 0.25) is 12.1 Å². The first-order chi connectivity index (χ1) is 16.7. The molecule has 0 aliphatic heterocycles. The first-order valence-electron chi connectivity index (χ1n) is 12.7. The van der Waals surface area contributed by atoms with Crippen molar-refractivity contribution >= 4 is 0 Å². The van der Waals surface area contributed by atoms with E-state index in [0.29, 0.717) is 17.8 Å². The number of hydrogen-bond acceptors (Lipinski definition) is 1. The normalized spacial score (nSPS) is 11.7. The van der Waals surface area contributed by atoms with Crippen LogP contribution in [0.25, 0.3) is 28.2 Å².